The first-order valence-corrected chi connectivity index (χ1v) is 14.5. The van der Waals surface area contributed by atoms with Crippen LogP contribution in [0, 0.1) is 0 Å². The van der Waals surface area contributed by atoms with E-state index in [2.05, 4.69) is 46.6 Å². The van der Waals surface area contributed by atoms with Crippen molar-refractivity contribution in [3.63, 3.8) is 0 Å². The number of fused-ring (bicyclic) bond motifs is 3. The van der Waals surface area contributed by atoms with Gasteiger partial charge in [-0.25, -0.2) is 0 Å². The van der Waals surface area contributed by atoms with Crippen LogP contribution in [0.3, 0.4) is 0 Å². The maximum atomic E-state index is 13.8. The van der Waals surface area contributed by atoms with Crippen LogP contribution < -0.4 is 4.90 Å². The Morgan fingerprint density at radius 3 is 2.10 bits per heavy atom. The lowest BCUT2D eigenvalue weighted by Crippen LogP contribution is -2.30. The van der Waals surface area contributed by atoms with Crippen LogP contribution in [-0.2, 0) is 4.79 Å². The minimum atomic E-state index is -0.0137. The van der Waals surface area contributed by atoms with E-state index in [1.165, 1.54) is 17.3 Å². The number of benzene rings is 4. The summed E-state index contributed by atoms with van der Waals surface area (Å²) in [4.78, 5) is 17.7. The first-order valence-electron chi connectivity index (χ1n) is 12.7. The van der Waals surface area contributed by atoms with Crippen molar-refractivity contribution in [3.05, 3.63) is 126 Å². The van der Waals surface area contributed by atoms with Crippen LogP contribution in [0.1, 0.15) is 29.3 Å². The summed E-state index contributed by atoms with van der Waals surface area (Å²) in [6.07, 6.45) is 0.731. The van der Waals surface area contributed by atoms with Gasteiger partial charge in [-0.05, 0) is 35.4 Å². The van der Waals surface area contributed by atoms with Crippen LogP contribution in [-0.4, -0.2) is 32.2 Å². The molecule has 3 heterocycles. The van der Waals surface area contributed by atoms with Crippen LogP contribution in [0.15, 0.2) is 129 Å². The maximum Gasteiger partial charge on any atom is 0.242 e. The molecule has 0 radical (unpaired) electrons. The average molecular weight is 546 g/mol. The van der Waals surface area contributed by atoms with Gasteiger partial charge in [-0.15, -0.1) is 10.2 Å². The van der Waals surface area contributed by atoms with E-state index in [0.717, 1.165) is 44.7 Å². The van der Waals surface area contributed by atoms with Crippen molar-refractivity contribution in [1.29, 1.82) is 0 Å². The van der Waals surface area contributed by atoms with Crippen molar-refractivity contribution < 1.29 is 4.79 Å². The van der Waals surface area contributed by atoms with Gasteiger partial charge in [0, 0.05) is 16.2 Å². The molecule has 0 spiro atoms. The Hall–Kier alpha value is -4.14. The molecule has 0 aliphatic carbocycles. The lowest BCUT2D eigenvalue weighted by atomic mass is 9.89. The highest BCUT2D eigenvalue weighted by Crippen LogP contribution is 2.48. The van der Waals surface area contributed by atoms with Crippen LogP contribution >= 0.6 is 23.5 Å². The van der Waals surface area contributed by atoms with Gasteiger partial charge in [-0.1, -0.05) is 108 Å². The predicted octanol–water partition coefficient (Wildman–Crippen LogP) is 6.99. The second-order valence-corrected chi connectivity index (χ2v) is 11.3. The van der Waals surface area contributed by atoms with Gasteiger partial charge < -0.3 is 0 Å². The Kier molecular flexibility index (Phi) is 6.26. The number of para-hydroxylation sites is 2. The van der Waals surface area contributed by atoms with E-state index in [0.29, 0.717) is 5.16 Å². The topological polar surface area (TPSA) is 63.4 Å². The second kappa shape index (κ2) is 10.2. The molecule has 39 heavy (non-hydrogen) atoms. The van der Waals surface area contributed by atoms with E-state index < -0.39 is 0 Å². The van der Waals surface area contributed by atoms with Gasteiger partial charge in [0.15, 0.2) is 5.82 Å². The van der Waals surface area contributed by atoms with Crippen LogP contribution in [0.2, 0.25) is 0 Å². The van der Waals surface area contributed by atoms with Crippen LogP contribution in [0.5, 0.6) is 0 Å². The molecule has 1 atom stereocenters. The van der Waals surface area contributed by atoms with E-state index in [1.807, 2.05) is 82.4 Å². The molecule has 1 unspecified atom stereocenters. The van der Waals surface area contributed by atoms with Crippen molar-refractivity contribution in [2.75, 3.05) is 10.7 Å². The summed E-state index contributed by atoms with van der Waals surface area (Å²) in [5.41, 5.74) is 5.03. The third kappa shape index (κ3) is 4.45. The highest BCUT2D eigenvalue weighted by atomic mass is 32.2. The summed E-state index contributed by atoms with van der Waals surface area (Å²) in [6.45, 7) is 0. The number of carbonyl (C=O) groups is 1. The molecular weight excluding hydrogens is 523 g/mol. The lowest BCUT2D eigenvalue weighted by molar-refractivity contribution is -0.115. The first-order chi connectivity index (χ1) is 19.3. The molecule has 1 amide bonds. The SMILES string of the molecule is O=C(CSc1nnc2n1N=C(c1ccccc1)CC2c1ccccc1)N1c2ccccc2Sc2ccccc21. The summed E-state index contributed by atoms with van der Waals surface area (Å²) in [6, 6.07) is 36.6. The molecule has 0 bridgehead atoms. The zero-order valence-corrected chi connectivity index (χ0v) is 22.5. The summed E-state index contributed by atoms with van der Waals surface area (Å²) >= 11 is 3.06. The van der Waals surface area contributed by atoms with E-state index >= 15 is 0 Å². The minimum absolute atomic E-state index is 0.0137. The number of hydrogen-bond donors (Lipinski definition) is 0. The molecule has 1 aromatic heterocycles. The highest BCUT2D eigenvalue weighted by Gasteiger charge is 2.31. The summed E-state index contributed by atoms with van der Waals surface area (Å²) in [7, 11) is 0. The van der Waals surface area contributed by atoms with Gasteiger partial charge >= 0.3 is 0 Å². The third-order valence-corrected chi connectivity index (χ3v) is 8.92. The lowest BCUT2D eigenvalue weighted by Gasteiger charge is -2.31. The Labute approximate surface area is 234 Å². The van der Waals surface area contributed by atoms with E-state index in [-0.39, 0.29) is 17.6 Å². The standard InChI is InChI=1S/C31H23N5OS2/c37-29(35-25-15-7-9-17-27(25)39-28-18-10-8-16-26(28)35)20-38-31-33-32-30-23(21-11-3-1-4-12-21)19-24(34-36(30)31)22-13-5-2-6-14-22/h1-18,23H,19-20H2. The molecule has 7 rings (SSSR count). The Bertz CT molecular complexity index is 1660. The van der Waals surface area contributed by atoms with Crippen molar-refractivity contribution in [2.24, 2.45) is 5.10 Å². The summed E-state index contributed by atoms with van der Waals surface area (Å²) < 4.78 is 1.83. The fourth-order valence-electron chi connectivity index (χ4n) is 5.05. The van der Waals surface area contributed by atoms with E-state index in [4.69, 9.17) is 5.10 Å². The van der Waals surface area contributed by atoms with Crippen LogP contribution in [0.25, 0.3) is 0 Å². The molecule has 0 saturated carbocycles. The molecular formula is C31H23N5OS2. The Morgan fingerprint density at radius 1 is 0.795 bits per heavy atom. The molecule has 0 saturated heterocycles. The molecule has 0 fully saturated rings. The van der Waals surface area contributed by atoms with E-state index in [1.54, 1.807) is 11.8 Å². The second-order valence-electron chi connectivity index (χ2n) is 9.29. The number of thioether (sulfide) groups is 1. The molecule has 2 aliphatic rings. The van der Waals surface area contributed by atoms with Crippen molar-refractivity contribution in [3.8, 4) is 0 Å². The van der Waals surface area contributed by atoms with Gasteiger partial charge in [0.2, 0.25) is 11.1 Å². The fourth-order valence-corrected chi connectivity index (χ4v) is 6.84. The largest absolute Gasteiger partial charge is 0.278 e. The molecule has 0 N–H and O–H groups in total. The highest BCUT2D eigenvalue weighted by molar-refractivity contribution is 8.00. The van der Waals surface area contributed by atoms with Gasteiger partial charge in [0.25, 0.3) is 0 Å². The Balaban J connectivity index is 1.22. The minimum Gasteiger partial charge on any atom is -0.278 e. The smallest absolute Gasteiger partial charge is 0.242 e. The number of carbonyl (C=O) groups excluding carboxylic acids is 1. The van der Waals surface area contributed by atoms with Crippen molar-refractivity contribution in [1.82, 2.24) is 14.9 Å². The zero-order valence-electron chi connectivity index (χ0n) is 20.8. The summed E-state index contributed by atoms with van der Waals surface area (Å²) in [5.74, 6) is 1.01. The molecule has 6 nitrogen and oxygen atoms in total. The molecule has 4 aromatic carbocycles. The van der Waals surface area contributed by atoms with Crippen molar-refractivity contribution in [2.45, 2.75) is 27.3 Å². The monoisotopic (exact) mass is 545 g/mol. The fraction of sp³-hybridized carbons (Fsp3) is 0.0968. The average Bonchev–Trinajstić information content (AvgIpc) is 3.42. The molecule has 5 aromatic rings. The normalized spacial score (nSPS) is 15.6. The predicted molar refractivity (Wildman–Crippen MR) is 156 cm³/mol. The third-order valence-electron chi connectivity index (χ3n) is 6.88. The number of amides is 1. The molecule has 8 heteroatoms. The van der Waals surface area contributed by atoms with Gasteiger partial charge in [-0.2, -0.15) is 9.78 Å². The quantitative estimate of drug-likeness (QED) is 0.223. The van der Waals surface area contributed by atoms with Gasteiger partial charge in [-0.3, -0.25) is 9.69 Å². The number of anilines is 2. The van der Waals surface area contributed by atoms with Gasteiger partial charge in [0.05, 0.1) is 28.8 Å². The molecule has 2 aliphatic heterocycles. The van der Waals surface area contributed by atoms with Gasteiger partial charge in [0.1, 0.15) is 0 Å². The molecule has 190 valence electrons. The summed E-state index contributed by atoms with van der Waals surface area (Å²) in [5, 5.41) is 14.6. The van der Waals surface area contributed by atoms with E-state index in [9.17, 15) is 4.79 Å². The first kappa shape index (κ1) is 23.9. The Morgan fingerprint density at radius 2 is 1.41 bits per heavy atom. The van der Waals surface area contributed by atoms with Crippen LogP contribution in [0.4, 0.5) is 11.4 Å². The number of aromatic nitrogens is 3. The zero-order chi connectivity index (χ0) is 26.2. The number of rotatable bonds is 5. The number of nitrogens with zero attached hydrogens (tertiary/aromatic N) is 5. The maximum absolute atomic E-state index is 13.8. The van der Waals surface area contributed by atoms with Crippen molar-refractivity contribution >= 4 is 46.5 Å². The number of hydrogen-bond acceptors (Lipinski definition) is 6.